The molecule has 5 rings (SSSR count). The lowest BCUT2D eigenvalue weighted by molar-refractivity contribution is 0.385. The van der Waals surface area contributed by atoms with Gasteiger partial charge in [-0.05, 0) is 35.9 Å². The quantitative estimate of drug-likeness (QED) is 0.406. The second-order valence-electron chi connectivity index (χ2n) is 8.13. The lowest BCUT2D eigenvalue weighted by atomic mass is 10.0. The molecule has 1 saturated heterocycles. The van der Waals surface area contributed by atoms with E-state index in [1.165, 1.54) is 25.7 Å². The number of aromatic nitrogens is 3. The van der Waals surface area contributed by atoms with E-state index < -0.39 is 27.3 Å². The topological polar surface area (TPSA) is 109 Å². The van der Waals surface area contributed by atoms with Crippen molar-refractivity contribution in [1.82, 2.24) is 20.3 Å². The fraction of sp³-hybridized carbons (Fsp3) is 0.208. The number of sulfonamides is 1. The highest BCUT2D eigenvalue weighted by molar-refractivity contribution is 7.92. The molecule has 0 spiro atoms. The molecule has 186 valence electrons. The maximum Gasteiger partial charge on any atom is 0.267 e. The maximum atomic E-state index is 14.1. The lowest BCUT2D eigenvalue weighted by Gasteiger charge is -2.29. The molecule has 36 heavy (non-hydrogen) atoms. The molecule has 0 aliphatic carbocycles. The van der Waals surface area contributed by atoms with Crippen LogP contribution in [0.3, 0.4) is 0 Å². The van der Waals surface area contributed by atoms with Crippen LogP contribution in [0.2, 0.25) is 0 Å². The molecule has 1 fully saturated rings. The van der Waals surface area contributed by atoms with Crippen LogP contribution < -0.4 is 19.7 Å². The Morgan fingerprint density at radius 3 is 2.56 bits per heavy atom. The molecule has 0 amide bonds. The fourth-order valence-electron chi connectivity index (χ4n) is 4.06. The standard InChI is InChI=1S/C24H22F2N6O3S/c1-35-24-22(36(33,34)31-21-5-3-17(25)12-19(21)26)11-16(13-28-24)15-2-4-20-18(10-15)23(30-14-29-20)32-8-6-27-7-9-32/h2-5,10-14,27,31H,6-9H2,1H3. The van der Waals surface area contributed by atoms with Gasteiger partial charge in [0.15, 0.2) is 0 Å². The largest absolute Gasteiger partial charge is 0.480 e. The molecule has 1 aliphatic heterocycles. The highest BCUT2D eigenvalue weighted by Crippen LogP contribution is 2.33. The van der Waals surface area contributed by atoms with Crippen molar-refractivity contribution in [2.24, 2.45) is 0 Å². The minimum Gasteiger partial charge on any atom is -0.480 e. The molecule has 3 heterocycles. The van der Waals surface area contributed by atoms with Gasteiger partial charge in [0, 0.05) is 49.4 Å². The zero-order valence-electron chi connectivity index (χ0n) is 19.2. The first-order valence-electron chi connectivity index (χ1n) is 11.1. The lowest BCUT2D eigenvalue weighted by Crippen LogP contribution is -2.44. The van der Waals surface area contributed by atoms with Crippen molar-refractivity contribution in [3.05, 3.63) is 66.6 Å². The molecule has 0 bridgehead atoms. The summed E-state index contributed by atoms with van der Waals surface area (Å²) in [6.07, 6.45) is 3.02. The first kappa shape index (κ1) is 23.8. The monoisotopic (exact) mass is 512 g/mol. The average Bonchev–Trinajstić information content (AvgIpc) is 2.89. The van der Waals surface area contributed by atoms with Gasteiger partial charge in [0.1, 0.15) is 28.7 Å². The smallest absolute Gasteiger partial charge is 0.267 e. The predicted octanol–water partition coefficient (Wildman–Crippen LogP) is 3.19. The summed E-state index contributed by atoms with van der Waals surface area (Å²) >= 11 is 0. The van der Waals surface area contributed by atoms with Crippen molar-refractivity contribution in [3.63, 3.8) is 0 Å². The molecule has 9 nitrogen and oxygen atoms in total. The molecule has 0 radical (unpaired) electrons. The van der Waals surface area contributed by atoms with Crippen LogP contribution in [0.4, 0.5) is 20.3 Å². The summed E-state index contributed by atoms with van der Waals surface area (Å²) in [6, 6.07) is 9.49. The third-order valence-corrected chi connectivity index (χ3v) is 7.20. The Balaban J connectivity index is 1.56. The van der Waals surface area contributed by atoms with E-state index in [1.807, 2.05) is 18.2 Å². The molecule has 2 aromatic carbocycles. The summed E-state index contributed by atoms with van der Waals surface area (Å²) in [4.78, 5) is 14.9. The molecule has 12 heteroatoms. The second kappa shape index (κ2) is 9.63. The Hall–Kier alpha value is -3.90. The molecule has 0 saturated carbocycles. The van der Waals surface area contributed by atoms with Gasteiger partial charge >= 0.3 is 0 Å². The summed E-state index contributed by atoms with van der Waals surface area (Å²) in [5.74, 6) is -1.24. The number of fused-ring (bicyclic) bond motifs is 1. The number of rotatable bonds is 6. The number of ether oxygens (including phenoxy) is 1. The van der Waals surface area contributed by atoms with Crippen molar-refractivity contribution in [1.29, 1.82) is 0 Å². The molecule has 0 atom stereocenters. The van der Waals surface area contributed by atoms with Gasteiger partial charge in [0.2, 0.25) is 5.88 Å². The van der Waals surface area contributed by atoms with E-state index in [9.17, 15) is 17.2 Å². The normalized spacial score (nSPS) is 14.1. The number of nitrogens with zero attached hydrogens (tertiary/aromatic N) is 4. The van der Waals surface area contributed by atoms with E-state index in [-0.39, 0.29) is 10.8 Å². The van der Waals surface area contributed by atoms with Crippen LogP contribution in [0.25, 0.3) is 22.0 Å². The number of nitrogens with one attached hydrogen (secondary N) is 2. The average molecular weight is 513 g/mol. The van der Waals surface area contributed by atoms with Crippen LogP contribution >= 0.6 is 0 Å². The van der Waals surface area contributed by atoms with E-state index in [0.29, 0.717) is 17.2 Å². The Morgan fingerprint density at radius 1 is 1.00 bits per heavy atom. The van der Waals surface area contributed by atoms with Gasteiger partial charge in [0.25, 0.3) is 10.0 Å². The number of halogens is 2. The zero-order chi connectivity index (χ0) is 25.3. The van der Waals surface area contributed by atoms with Gasteiger partial charge in [-0.1, -0.05) is 6.07 Å². The Labute approximate surface area is 206 Å². The number of methoxy groups -OCH3 is 1. The summed E-state index contributed by atoms with van der Waals surface area (Å²) < 4.78 is 61.0. The second-order valence-corrected chi connectivity index (χ2v) is 9.78. The van der Waals surface area contributed by atoms with E-state index >= 15 is 0 Å². The number of benzene rings is 2. The first-order chi connectivity index (χ1) is 17.4. The van der Waals surface area contributed by atoms with Crippen LogP contribution in [0, 0.1) is 11.6 Å². The zero-order valence-corrected chi connectivity index (χ0v) is 20.0. The Morgan fingerprint density at radius 2 is 1.81 bits per heavy atom. The van der Waals surface area contributed by atoms with Crippen molar-refractivity contribution < 1.29 is 21.9 Å². The summed E-state index contributed by atoms with van der Waals surface area (Å²) in [5.41, 5.74) is 1.54. The van der Waals surface area contributed by atoms with Gasteiger partial charge in [-0.25, -0.2) is 32.2 Å². The highest BCUT2D eigenvalue weighted by Gasteiger charge is 2.24. The van der Waals surface area contributed by atoms with Crippen LogP contribution in [0.5, 0.6) is 5.88 Å². The fourth-order valence-corrected chi connectivity index (χ4v) is 5.27. The number of piperazine rings is 1. The SMILES string of the molecule is COc1ncc(-c2ccc3ncnc(N4CCNCC4)c3c2)cc1S(=O)(=O)Nc1ccc(F)cc1F. The van der Waals surface area contributed by atoms with Gasteiger partial charge < -0.3 is 15.0 Å². The van der Waals surface area contributed by atoms with Crippen LogP contribution in [0.15, 0.2) is 59.9 Å². The van der Waals surface area contributed by atoms with Gasteiger partial charge in [-0.2, -0.15) is 0 Å². The summed E-state index contributed by atoms with van der Waals surface area (Å²) in [7, 11) is -3.05. The molecular formula is C24H22F2N6O3S. The molecule has 2 aromatic heterocycles. The van der Waals surface area contributed by atoms with Crippen molar-refractivity contribution in [3.8, 4) is 17.0 Å². The predicted molar refractivity (Wildman–Crippen MR) is 132 cm³/mol. The van der Waals surface area contributed by atoms with Crippen molar-refractivity contribution >= 4 is 32.4 Å². The van der Waals surface area contributed by atoms with Crippen molar-refractivity contribution in [2.75, 3.05) is 42.9 Å². The van der Waals surface area contributed by atoms with Gasteiger partial charge in [0.05, 0.1) is 18.3 Å². The summed E-state index contributed by atoms with van der Waals surface area (Å²) in [5, 5.41) is 4.14. The minimum atomic E-state index is -4.33. The Bertz CT molecular complexity index is 1540. The Kier molecular flexibility index (Phi) is 6.37. The van der Waals surface area contributed by atoms with E-state index in [0.717, 1.165) is 55.0 Å². The van der Waals surface area contributed by atoms with Crippen LogP contribution in [-0.4, -0.2) is 56.7 Å². The number of pyridine rings is 1. The molecular weight excluding hydrogens is 490 g/mol. The van der Waals surface area contributed by atoms with E-state index in [2.05, 4.69) is 29.9 Å². The number of anilines is 2. The first-order valence-corrected chi connectivity index (χ1v) is 12.6. The van der Waals surface area contributed by atoms with Crippen LogP contribution in [0.1, 0.15) is 0 Å². The molecule has 0 unspecified atom stereocenters. The van der Waals surface area contributed by atoms with E-state index in [1.54, 1.807) is 0 Å². The minimum absolute atomic E-state index is 0.167. The van der Waals surface area contributed by atoms with Gasteiger partial charge in [-0.3, -0.25) is 4.72 Å². The van der Waals surface area contributed by atoms with Gasteiger partial charge in [-0.15, -0.1) is 0 Å². The third kappa shape index (κ3) is 4.64. The number of hydrogen-bond acceptors (Lipinski definition) is 8. The third-order valence-electron chi connectivity index (χ3n) is 5.84. The number of hydrogen-bond donors (Lipinski definition) is 2. The van der Waals surface area contributed by atoms with E-state index in [4.69, 9.17) is 4.74 Å². The molecule has 2 N–H and O–H groups in total. The maximum absolute atomic E-state index is 14.1. The molecule has 4 aromatic rings. The van der Waals surface area contributed by atoms with Crippen LogP contribution in [-0.2, 0) is 10.0 Å². The molecule has 1 aliphatic rings. The summed E-state index contributed by atoms with van der Waals surface area (Å²) in [6.45, 7) is 3.29. The highest BCUT2D eigenvalue weighted by atomic mass is 32.2. The van der Waals surface area contributed by atoms with Crippen molar-refractivity contribution in [2.45, 2.75) is 4.90 Å².